The molecule has 0 unspecified atom stereocenters. The largest absolute Gasteiger partial charge is 0.299 e. The second kappa shape index (κ2) is 6.83. The van der Waals surface area contributed by atoms with Gasteiger partial charge in [-0.1, -0.05) is 41.4 Å². The maximum Gasteiger partial charge on any atom is 0.195 e. The van der Waals surface area contributed by atoms with E-state index in [1.807, 2.05) is 28.8 Å². The molecule has 0 aliphatic rings. The molecule has 23 heavy (non-hydrogen) atoms. The van der Waals surface area contributed by atoms with Crippen molar-refractivity contribution in [3.8, 4) is 0 Å². The molecule has 0 amide bonds. The standard InChI is InChI=1S/C16H12Cl2FN3S/c17-11-6-4-10(5-7-11)9-22-15(20-21-16(22)23)8-12-13(18)2-1-3-14(12)19/h1-7H,8-9H2,(H,21,23). The third-order valence-electron chi connectivity index (χ3n) is 3.49. The number of nitrogens with one attached hydrogen (secondary N) is 1. The molecular formula is C16H12Cl2FN3S. The first-order chi connectivity index (χ1) is 11.0. The summed E-state index contributed by atoms with van der Waals surface area (Å²) in [6.07, 6.45) is 0.256. The van der Waals surface area contributed by atoms with E-state index in [4.69, 9.17) is 35.4 Å². The Morgan fingerprint density at radius 1 is 1.13 bits per heavy atom. The van der Waals surface area contributed by atoms with Crippen LogP contribution in [0.1, 0.15) is 17.0 Å². The molecule has 3 nitrogen and oxygen atoms in total. The zero-order valence-electron chi connectivity index (χ0n) is 11.9. The third-order valence-corrected chi connectivity index (χ3v) is 4.41. The van der Waals surface area contributed by atoms with E-state index in [2.05, 4.69) is 10.2 Å². The normalized spacial score (nSPS) is 10.9. The van der Waals surface area contributed by atoms with Crippen molar-refractivity contribution < 1.29 is 4.39 Å². The number of aromatic nitrogens is 3. The van der Waals surface area contributed by atoms with E-state index in [0.717, 1.165) is 5.56 Å². The number of hydrogen-bond acceptors (Lipinski definition) is 2. The monoisotopic (exact) mass is 367 g/mol. The van der Waals surface area contributed by atoms with Crippen molar-refractivity contribution in [3.63, 3.8) is 0 Å². The summed E-state index contributed by atoms with van der Waals surface area (Å²) in [5.74, 6) is 0.265. The van der Waals surface area contributed by atoms with E-state index in [1.165, 1.54) is 6.07 Å². The van der Waals surface area contributed by atoms with Crippen LogP contribution < -0.4 is 0 Å². The molecule has 1 aromatic heterocycles. The third kappa shape index (κ3) is 3.63. The van der Waals surface area contributed by atoms with Gasteiger partial charge in [-0.05, 0) is 42.0 Å². The van der Waals surface area contributed by atoms with Gasteiger partial charge in [0.15, 0.2) is 4.77 Å². The van der Waals surface area contributed by atoms with Crippen molar-refractivity contribution in [1.29, 1.82) is 0 Å². The molecule has 118 valence electrons. The molecule has 1 N–H and O–H groups in total. The second-order valence-corrected chi connectivity index (χ2v) is 6.26. The van der Waals surface area contributed by atoms with Gasteiger partial charge >= 0.3 is 0 Å². The van der Waals surface area contributed by atoms with Crippen LogP contribution in [0.15, 0.2) is 42.5 Å². The number of halogens is 3. The van der Waals surface area contributed by atoms with E-state index in [-0.39, 0.29) is 12.2 Å². The maximum absolute atomic E-state index is 14.0. The molecule has 0 spiro atoms. The highest BCUT2D eigenvalue weighted by Crippen LogP contribution is 2.22. The van der Waals surface area contributed by atoms with Gasteiger partial charge in [-0.25, -0.2) is 4.39 Å². The lowest BCUT2D eigenvalue weighted by Gasteiger charge is -2.09. The highest BCUT2D eigenvalue weighted by atomic mass is 35.5. The van der Waals surface area contributed by atoms with Gasteiger partial charge in [-0.15, -0.1) is 0 Å². The summed E-state index contributed by atoms with van der Waals surface area (Å²) in [4.78, 5) is 0. The lowest BCUT2D eigenvalue weighted by Crippen LogP contribution is -2.07. The van der Waals surface area contributed by atoms with Crippen LogP contribution in [-0.2, 0) is 13.0 Å². The summed E-state index contributed by atoms with van der Waals surface area (Å²) < 4.78 is 16.3. The first-order valence-electron chi connectivity index (χ1n) is 6.86. The summed E-state index contributed by atoms with van der Waals surface area (Å²) in [5.41, 5.74) is 1.42. The Balaban J connectivity index is 1.93. The van der Waals surface area contributed by atoms with Crippen molar-refractivity contribution in [1.82, 2.24) is 14.8 Å². The number of rotatable bonds is 4. The van der Waals surface area contributed by atoms with Crippen molar-refractivity contribution in [2.45, 2.75) is 13.0 Å². The van der Waals surface area contributed by atoms with Crippen molar-refractivity contribution in [2.75, 3.05) is 0 Å². The highest BCUT2D eigenvalue weighted by molar-refractivity contribution is 7.71. The Kier molecular flexibility index (Phi) is 4.80. The summed E-state index contributed by atoms with van der Waals surface area (Å²) in [7, 11) is 0. The topological polar surface area (TPSA) is 33.6 Å². The van der Waals surface area contributed by atoms with Crippen molar-refractivity contribution in [3.05, 3.63) is 80.0 Å². The molecule has 0 aliphatic heterocycles. The first kappa shape index (κ1) is 16.2. The molecule has 0 atom stereocenters. The predicted octanol–water partition coefficient (Wildman–Crippen LogP) is 5.03. The number of benzene rings is 2. The van der Waals surface area contributed by atoms with Gasteiger partial charge in [-0.3, -0.25) is 9.67 Å². The van der Waals surface area contributed by atoms with Crippen molar-refractivity contribution in [2.24, 2.45) is 0 Å². The second-order valence-electron chi connectivity index (χ2n) is 5.03. The minimum absolute atomic E-state index is 0.256. The minimum Gasteiger partial charge on any atom is -0.299 e. The molecule has 0 saturated carbocycles. The molecular weight excluding hydrogens is 356 g/mol. The van der Waals surface area contributed by atoms with Crippen LogP contribution in [0.5, 0.6) is 0 Å². The van der Waals surface area contributed by atoms with Gasteiger partial charge in [0.25, 0.3) is 0 Å². The lowest BCUT2D eigenvalue weighted by molar-refractivity contribution is 0.608. The zero-order chi connectivity index (χ0) is 16.4. The van der Waals surface area contributed by atoms with Crippen LogP contribution in [0.4, 0.5) is 4.39 Å². The van der Waals surface area contributed by atoms with Crippen LogP contribution in [-0.4, -0.2) is 14.8 Å². The van der Waals surface area contributed by atoms with Gasteiger partial charge in [0.2, 0.25) is 0 Å². The van der Waals surface area contributed by atoms with Gasteiger partial charge in [-0.2, -0.15) is 5.10 Å². The van der Waals surface area contributed by atoms with Gasteiger partial charge in [0, 0.05) is 22.0 Å². The average molecular weight is 368 g/mol. The fraction of sp³-hybridized carbons (Fsp3) is 0.125. The van der Waals surface area contributed by atoms with Crippen molar-refractivity contribution >= 4 is 35.4 Å². The Morgan fingerprint density at radius 3 is 2.57 bits per heavy atom. The number of nitrogens with zero attached hydrogens (tertiary/aromatic N) is 2. The number of hydrogen-bond donors (Lipinski definition) is 1. The number of H-pyrrole nitrogens is 1. The fourth-order valence-corrected chi connectivity index (χ4v) is 2.85. The van der Waals surface area contributed by atoms with Crippen LogP contribution in [0, 0.1) is 10.6 Å². The van der Waals surface area contributed by atoms with E-state index >= 15 is 0 Å². The number of aromatic amines is 1. The summed E-state index contributed by atoms with van der Waals surface area (Å²) in [5, 5.41) is 8.00. The molecule has 0 saturated heterocycles. The smallest absolute Gasteiger partial charge is 0.195 e. The van der Waals surface area contributed by atoms with E-state index in [0.29, 0.717) is 32.7 Å². The van der Waals surface area contributed by atoms with Crippen LogP contribution in [0.25, 0.3) is 0 Å². The summed E-state index contributed by atoms with van der Waals surface area (Å²) in [6, 6.07) is 12.1. The molecule has 0 aliphatic carbocycles. The van der Waals surface area contributed by atoms with Crippen LogP contribution in [0.3, 0.4) is 0 Å². The lowest BCUT2D eigenvalue weighted by atomic mass is 10.1. The Morgan fingerprint density at radius 2 is 1.87 bits per heavy atom. The van der Waals surface area contributed by atoms with Crippen LogP contribution >= 0.6 is 35.4 Å². The summed E-state index contributed by atoms with van der Waals surface area (Å²) >= 11 is 17.3. The average Bonchev–Trinajstić information content (AvgIpc) is 2.86. The minimum atomic E-state index is -0.357. The zero-order valence-corrected chi connectivity index (χ0v) is 14.2. The van der Waals surface area contributed by atoms with Crippen LogP contribution in [0.2, 0.25) is 10.0 Å². The van der Waals surface area contributed by atoms with E-state index in [9.17, 15) is 4.39 Å². The SMILES string of the molecule is Fc1cccc(Cl)c1Cc1n[nH]c(=S)n1Cc1ccc(Cl)cc1. The molecule has 2 aromatic carbocycles. The molecule has 0 fully saturated rings. The molecule has 1 heterocycles. The first-order valence-corrected chi connectivity index (χ1v) is 8.02. The Bertz CT molecular complexity index is 867. The van der Waals surface area contributed by atoms with E-state index in [1.54, 1.807) is 12.1 Å². The van der Waals surface area contributed by atoms with Gasteiger partial charge in [0.1, 0.15) is 11.6 Å². The molecule has 3 aromatic rings. The molecule has 0 radical (unpaired) electrons. The van der Waals surface area contributed by atoms with Gasteiger partial charge < -0.3 is 0 Å². The molecule has 3 rings (SSSR count). The van der Waals surface area contributed by atoms with E-state index < -0.39 is 0 Å². The highest BCUT2D eigenvalue weighted by Gasteiger charge is 2.13. The van der Waals surface area contributed by atoms with Gasteiger partial charge in [0.05, 0.1) is 6.54 Å². The Labute approximate surface area is 147 Å². The fourth-order valence-electron chi connectivity index (χ4n) is 2.28. The quantitative estimate of drug-likeness (QED) is 0.656. The Hall–Kier alpha value is -1.69. The molecule has 7 heteroatoms. The maximum atomic E-state index is 14.0. The summed E-state index contributed by atoms with van der Waals surface area (Å²) in [6.45, 7) is 0.522. The molecule has 0 bridgehead atoms. The predicted molar refractivity (Wildman–Crippen MR) is 92.2 cm³/mol.